The van der Waals surface area contributed by atoms with E-state index < -0.39 is 5.92 Å². The van der Waals surface area contributed by atoms with Crippen LogP contribution in [0.2, 0.25) is 0 Å². The Morgan fingerprint density at radius 2 is 2.05 bits per heavy atom. The second-order valence-corrected chi connectivity index (χ2v) is 7.09. The van der Waals surface area contributed by atoms with Gasteiger partial charge in [-0.1, -0.05) is 34.1 Å². The zero-order chi connectivity index (χ0) is 14.1. The number of Topliss-reactive ketones (excluding diaryl/α,β-unsaturated/α-hetero) is 1. The molecule has 0 amide bonds. The number of nitriles is 1. The number of benzene rings is 1. The molecule has 0 spiro atoms. The van der Waals surface area contributed by atoms with Gasteiger partial charge in [-0.3, -0.25) is 4.79 Å². The van der Waals surface area contributed by atoms with Crippen LogP contribution >= 0.6 is 38.6 Å². The van der Waals surface area contributed by atoms with E-state index in [9.17, 15) is 10.1 Å². The monoisotopic (exact) mass is 361 g/mol. The number of nitrogens with zero attached hydrogens (tertiary/aromatic N) is 1. The molecule has 98 valence electrons. The third-order valence-corrected chi connectivity index (χ3v) is 5.82. The highest BCUT2D eigenvalue weighted by Crippen LogP contribution is 2.34. The lowest BCUT2D eigenvalue weighted by Crippen LogP contribution is -2.10. The van der Waals surface area contributed by atoms with Crippen molar-refractivity contribution in [3.8, 4) is 6.07 Å². The molecule has 1 unspecified atom stereocenters. The summed E-state index contributed by atoms with van der Waals surface area (Å²) in [6.07, 6.45) is 0. The average Bonchev–Trinajstić information content (AvgIpc) is 3.02. The van der Waals surface area contributed by atoms with Crippen LogP contribution in [0.3, 0.4) is 0 Å². The van der Waals surface area contributed by atoms with Gasteiger partial charge < -0.3 is 0 Å². The second kappa shape index (κ2) is 5.49. The van der Waals surface area contributed by atoms with Crippen molar-refractivity contribution in [2.75, 3.05) is 0 Å². The Bertz CT molecular complexity index is 799. The number of carbonyl (C=O) groups is 1. The molecular weight excluding hydrogens is 354 g/mol. The van der Waals surface area contributed by atoms with Gasteiger partial charge in [0.2, 0.25) is 0 Å². The fraction of sp³-hybridized carbons (Fsp3) is 0.0667. The average molecular weight is 362 g/mol. The van der Waals surface area contributed by atoms with Gasteiger partial charge in [0.1, 0.15) is 5.92 Å². The zero-order valence-electron chi connectivity index (χ0n) is 10.2. The fourth-order valence-corrected chi connectivity index (χ4v) is 4.60. The van der Waals surface area contributed by atoms with Crippen molar-refractivity contribution in [3.05, 3.63) is 56.7 Å². The lowest BCUT2D eigenvalue weighted by atomic mass is 9.95. The number of fused-ring (bicyclic) bond motifs is 1. The Balaban J connectivity index is 2.02. The van der Waals surface area contributed by atoms with E-state index in [-0.39, 0.29) is 5.78 Å². The number of carbonyl (C=O) groups excluding carboxylic acids is 1. The summed E-state index contributed by atoms with van der Waals surface area (Å²) >= 11 is 6.47. The molecule has 2 heterocycles. The highest BCUT2D eigenvalue weighted by molar-refractivity contribution is 9.10. The number of hydrogen-bond donors (Lipinski definition) is 0. The second-order valence-electron chi connectivity index (χ2n) is 4.21. The van der Waals surface area contributed by atoms with E-state index in [1.54, 1.807) is 11.3 Å². The molecule has 0 aliphatic heterocycles. The molecule has 0 N–H and O–H groups in total. The molecule has 0 fully saturated rings. The summed E-state index contributed by atoms with van der Waals surface area (Å²) in [6.45, 7) is 0. The molecule has 0 saturated heterocycles. The van der Waals surface area contributed by atoms with Crippen molar-refractivity contribution in [1.82, 2.24) is 0 Å². The van der Waals surface area contributed by atoms with E-state index in [2.05, 4.69) is 22.0 Å². The summed E-state index contributed by atoms with van der Waals surface area (Å²) in [5.41, 5.74) is 0.719. The van der Waals surface area contributed by atoms with Crippen molar-refractivity contribution >= 4 is 53.8 Å². The van der Waals surface area contributed by atoms with E-state index in [4.69, 9.17) is 0 Å². The van der Waals surface area contributed by atoms with Gasteiger partial charge in [0, 0.05) is 13.9 Å². The molecule has 0 aliphatic carbocycles. The molecule has 2 nitrogen and oxygen atoms in total. The molecule has 1 aromatic carbocycles. The highest BCUT2D eigenvalue weighted by atomic mass is 79.9. The number of halogens is 1. The molecule has 1 atom stereocenters. The van der Waals surface area contributed by atoms with Crippen LogP contribution in [0, 0.1) is 11.3 Å². The van der Waals surface area contributed by atoms with Crippen LogP contribution < -0.4 is 0 Å². The summed E-state index contributed by atoms with van der Waals surface area (Å²) in [4.78, 5) is 13.2. The third kappa shape index (κ3) is 2.31. The first kappa shape index (κ1) is 13.5. The predicted octanol–water partition coefficient (Wildman–Crippen LogP) is 5.22. The van der Waals surface area contributed by atoms with Gasteiger partial charge in [-0.15, -0.1) is 22.7 Å². The number of hydrogen-bond acceptors (Lipinski definition) is 4. The van der Waals surface area contributed by atoms with Gasteiger partial charge >= 0.3 is 0 Å². The zero-order valence-corrected chi connectivity index (χ0v) is 13.4. The van der Waals surface area contributed by atoms with Crippen LogP contribution in [0.15, 0.2) is 46.3 Å². The smallest absolute Gasteiger partial charge is 0.194 e. The minimum Gasteiger partial charge on any atom is -0.291 e. The molecule has 0 aliphatic rings. The number of ketones is 1. The molecule has 20 heavy (non-hydrogen) atoms. The van der Waals surface area contributed by atoms with Crippen molar-refractivity contribution in [1.29, 1.82) is 5.26 Å². The quantitative estimate of drug-likeness (QED) is 0.600. The summed E-state index contributed by atoms with van der Waals surface area (Å²) < 4.78 is 2.99. The lowest BCUT2D eigenvalue weighted by molar-refractivity contribution is 0.0982. The van der Waals surface area contributed by atoms with Crippen molar-refractivity contribution < 1.29 is 4.79 Å². The lowest BCUT2D eigenvalue weighted by Gasteiger charge is -2.09. The van der Waals surface area contributed by atoms with E-state index >= 15 is 0 Å². The summed E-state index contributed by atoms with van der Waals surface area (Å²) in [6, 6.07) is 13.4. The minimum atomic E-state index is -0.765. The van der Waals surface area contributed by atoms with Crippen molar-refractivity contribution in [2.45, 2.75) is 5.92 Å². The number of rotatable bonds is 3. The minimum absolute atomic E-state index is 0.132. The third-order valence-electron chi connectivity index (χ3n) is 2.99. The van der Waals surface area contributed by atoms with Crippen LogP contribution in [0.4, 0.5) is 0 Å². The van der Waals surface area contributed by atoms with Gasteiger partial charge in [0.25, 0.3) is 0 Å². The van der Waals surface area contributed by atoms with Crippen LogP contribution in [0.5, 0.6) is 0 Å². The van der Waals surface area contributed by atoms with E-state index in [1.165, 1.54) is 11.3 Å². The maximum Gasteiger partial charge on any atom is 0.194 e. The Labute approximate surface area is 132 Å². The molecule has 5 heteroatoms. The van der Waals surface area contributed by atoms with Gasteiger partial charge in [-0.2, -0.15) is 5.26 Å². The first-order valence-corrected chi connectivity index (χ1v) is 8.35. The highest BCUT2D eigenvalue weighted by Gasteiger charge is 2.25. The molecular formula is C15H8BrNOS2. The normalized spacial score (nSPS) is 12.2. The van der Waals surface area contributed by atoms with Crippen LogP contribution in [0.1, 0.15) is 21.2 Å². The largest absolute Gasteiger partial charge is 0.291 e. The van der Waals surface area contributed by atoms with Crippen LogP contribution in [-0.4, -0.2) is 5.78 Å². The Hall–Kier alpha value is -1.48. The molecule has 0 radical (unpaired) electrons. The van der Waals surface area contributed by atoms with Gasteiger partial charge in [-0.05, 0) is 29.1 Å². The Kier molecular flexibility index (Phi) is 3.70. The summed E-state index contributed by atoms with van der Waals surface area (Å²) in [7, 11) is 0. The Morgan fingerprint density at radius 3 is 2.75 bits per heavy atom. The molecule has 2 aromatic heterocycles. The summed E-state index contributed by atoms with van der Waals surface area (Å²) in [5, 5.41) is 11.4. The SMILES string of the molecule is N#CC(C(=O)c1cc2sccc2s1)c1ccccc1Br. The van der Waals surface area contributed by atoms with E-state index in [0.29, 0.717) is 4.88 Å². The molecule has 0 bridgehead atoms. The predicted molar refractivity (Wildman–Crippen MR) is 86.5 cm³/mol. The molecule has 0 saturated carbocycles. The topological polar surface area (TPSA) is 40.9 Å². The molecule has 3 rings (SSSR count). The van der Waals surface area contributed by atoms with E-state index in [1.807, 2.05) is 41.8 Å². The number of thiophene rings is 2. The van der Waals surface area contributed by atoms with Crippen LogP contribution in [0.25, 0.3) is 9.40 Å². The first-order valence-electron chi connectivity index (χ1n) is 5.86. The first-order chi connectivity index (χ1) is 9.70. The summed E-state index contributed by atoms with van der Waals surface area (Å²) in [5.74, 6) is -0.897. The van der Waals surface area contributed by atoms with Crippen molar-refractivity contribution in [3.63, 3.8) is 0 Å². The standard InChI is InChI=1S/C15H8BrNOS2/c16-11-4-2-1-3-9(11)10(8-17)15(18)14-7-13-12(20-14)5-6-19-13/h1-7,10H. The fourth-order valence-electron chi connectivity index (χ4n) is 2.01. The molecule has 3 aromatic rings. The van der Waals surface area contributed by atoms with Crippen molar-refractivity contribution in [2.24, 2.45) is 0 Å². The van der Waals surface area contributed by atoms with Crippen LogP contribution in [-0.2, 0) is 0 Å². The van der Waals surface area contributed by atoms with Gasteiger partial charge in [0.05, 0.1) is 10.9 Å². The van der Waals surface area contributed by atoms with Gasteiger partial charge in [0.15, 0.2) is 5.78 Å². The Morgan fingerprint density at radius 1 is 1.25 bits per heavy atom. The maximum absolute atomic E-state index is 12.6. The maximum atomic E-state index is 12.6. The van der Waals surface area contributed by atoms with E-state index in [0.717, 1.165) is 19.4 Å². The van der Waals surface area contributed by atoms with Gasteiger partial charge in [-0.25, -0.2) is 0 Å².